The fourth-order valence-corrected chi connectivity index (χ4v) is 7.67. The average Bonchev–Trinajstić information content (AvgIpc) is 3.46. The van der Waals surface area contributed by atoms with Crippen molar-refractivity contribution >= 4 is 23.9 Å². The Bertz CT molecular complexity index is 1980. The number of hydrogen-bond acceptors (Lipinski definition) is 11. The van der Waals surface area contributed by atoms with Crippen LogP contribution in [0.15, 0.2) is 158 Å². The maximum absolute atomic E-state index is 13.1. The number of aliphatic hydroxyl groups excluding tert-OH is 2. The Labute approximate surface area is 475 Å². The lowest BCUT2D eigenvalue weighted by atomic mass is 9.98. The molecule has 79 heavy (non-hydrogen) atoms. The molecule has 1 heterocycles. The molecular weight excluding hydrogens is 997 g/mol. The van der Waals surface area contributed by atoms with Gasteiger partial charge in [-0.2, -0.15) is 0 Å². The Morgan fingerprint density at radius 1 is 0.443 bits per heavy atom. The quantitative estimate of drug-likeness (QED) is 0.0228. The van der Waals surface area contributed by atoms with Gasteiger partial charge in [0.05, 0.1) is 13.0 Å². The second-order valence-corrected chi connectivity index (χ2v) is 19.2. The normalized spacial score (nSPS) is 19.0. The van der Waals surface area contributed by atoms with Crippen LogP contribution in [0.25, 0.3) is 0 Å². The van der Waals surface area contributed by atoms with Crippen molar-refractivity contribution in [3.8, 4) is 0 Å². The number of hydrogen-bond donors (Lipinski definition) is 3. The molecule has 1 aliphatic heterocycles. The molecule has 1 aliphatic rings. The molecule has 6 atom stereocenters. The van der Waals surface area contributed by atoms with Crippen molar-refractivity contribution in [3.63, 3.8) is 0 Å². The van der Waals surface area contributed by atoms with Crippen LogP contribution in [0.5, 0.6) is 0 Å². The van der Waals surface area contributed by atoms with E-state index in [4.69, 9.17) is 23.7 Å². The Kier molecular flexibility index (Phi) is 47.9. The van der Waals surface area contributed by atoms with Crippen LogP contribution in [0.4, 0.5) is 0 Å². The zero-order chi connectivity index (χ0) is 57.5. The molecule has 0 spiro atoms. The lowest BCUT2D eigenvalue weighted by Crippen LogP contribution is -2.61. The van der Waals surface area contributed by atoms with Gasteiger partial charge < -0.3 is 39.0 Å². The van der Waals surface area contributed by atoms with Gasteiger partial charge in [-0.3, -0.25) is 14.4 Å². The Hall–Kier alpha value is -5.66. The highest BCUT2D eigenvalue weighted by molar-refractivity contribution is 5.74. The fraction of sp³-hybridized carbons (Fsp3) is 0.552. The van der Waals surface area contributed by atoms with E-state index in [1.165, 1.54) is 19.3 Å². The number of carbonyl (C=O) groups excluding carboxylic acids is 3. The van der Waals surface area contributed by atoms with Crippen LogP contribution >= 0.6 is 0 Å². The number of allylic oxidation sites excluding steroid dienone is 25. The third kappa shape index (κ3) is 42.9. The molecule has 12 heteroatoms. The van der Waals surface area contributed by atoms with E-state index >= 15 is 0 Å². The minimum absolute atomic E-state index is 0.0173. The second kappa shape index (κ2) is 53.0. The molecule has 0 aromatic heterocycles. The first-order valence-electron chi connectivity index (χ1n) is 29.5. The highest BCUT2D eigenvalue weighted by Gasteiger charge is 2.50. The van der Waals surface area contributed by atoms with E-state index in [9.17, 15) is 34.5 Å². The molecular formula is C67H100O12. The zero-order valence-corrected chi connectivity index (χ0v) is 48.3. The van der Waals surface area contributed by atoms with E-state index < -0.39 is 73.9 Å². The number of ether oxygens (including phenoxy) is 5. The SMILES string of the molecule is CC/C=C\C/C=C\C/C=C\C/C=C\C/C=C\C/C=C\CCC(=O)OCC(COC1OC(C(=O)O)C(O)C(O)C1OC(=O)CCCCCCC/C=C\C/C=C\CCCCC)OC(=O)C/C=C\C/C=C\C/C=C\C/C=C\C/C=C\CC. The molecule has 0 aromatic carbocycles. The largest absolute Gasteiger partial charge is 0.479 e. The molecule has 0 bridgehead atoms. The van der Waals surface area contributed by atoms with Crippen molar-refractivity contribution < 1.29 is 58.2 Å². The molecule has 0 amide bonds. The first-order chi connectivity index (χ1) is 38.6. The van der Waals surface area contributed by atoms with Crippen molar-refractivity contribution in [1.82, 2.24) is 0 Å². The van der Waals surface area contributed by atoms with Crippen LogP contribution in [0.2, 0.25) is 0 Å². The van der Waals surface area contributed by atoms with Crippen LogP contribution in [0, 0.1) is 0 Å². The number of rotatable bonds is 47. The summed E-state index contributed by atoms with van der Waals surface area (Å²) in [6, 6.07) is 0. The predicted octanol–water partition coefficient (Wildman–Crippen LogP) is 15.3. The summed E-state index contributed by atoms with van der Waals surface area (Å²) in [6.45, 7) is 5.56. The monoisotopic (exact) mass is 1100 g/mol. The van der Waals surface area contributed by atoms with E-state index in [-0.39, 0.29) is 19.3 Å². The Morgan fingerprint density at radius 3 is 1.33 bits per heavy atom. The predicted molar refractivity (Wildman–Crippen MR) is 321 cm³/mol. The molecule has 0 saturated carbocycles. The smallest absolute Gasteiger partial charge is 0.335 e. The lowest BCUT2D eigenvalue weighted by molar-refractivity contribution is -0.301. The first-order valence-corrected chi connectivity index (χ1v) is 29.5. The first kappa shape index (κ1) is 71.4. The average molecular weight is 1100 g/mol. The number of aliphatic carboxylic acids is 1. The molecule has 1 rings (SSSR count). The summed E-state index contributed by atoms with van der Waals surface area (Å²) in [5.41, 5.74) is 0. The second-order valence-electron chi connectivity index (χ2n) is 19.2. The zero-order valence-electron chi connectivity index (χ0n) is 48.3. The van der Waals surface area contributed by atoms with Gasteiger partial charge in [-0.1, -0.05) is 211 Å². The van der Waals surface area contributed by atoms with E-state index in [0.29, 0.717) is 25.7 Å². The molecule has 12 nitrogen and oxygen atoms in total. The molecule has 440 valence electrons. The molecule has 6 unspecified atom stereocenters. The van der Waals surface area contributed by atoms with Gasteiger partial charge in [-0.15, -0.1) is 0 Å². The Morgan fingerprint density at radius 2 is 0.861 bits per heavy atom. The topological polar surface area (TPSA) is 175 Å². The van der Waals surface area contributed by atoms with Crippen molar-refractivity contribution in [2.45, 2.75) is 225 Å². The van der Waals surface area contributed by atoms with Crippen molar-refractivity contribution in [2.75, 3.05) is 13.2 Å². The summed E-state index contributed by atoms with van der Waals surface area (Å²) in [5.74, 6) is -3.45. The summed E-state index contributed by atoms with van der Waals surface area (Å²) < 4.78 is 28.2. The van der Waals surface area contributed by atoms with Crippen molar-refractivity contribution in [3.05, 3.63) is 158 Å². The summed E-state index contributed by atoms with van der Waals surface area (Å²) >= 11 is 0. The molecule has 0 aromatic rings. The van der Waals surface area contributed by atoms with Gasteiger partial charge in [0.15, 0.2) is 24.6 Å². The number of carboxylic acid groups (broad SMARTS) is 1. The highest BCUT2D eigenvalue weighted by atomic mass is 16.7. The number of aliphatic hydroxyl groups is 2. The van der Waals surface area contributed by atoms with E-state index in [1.54, 1.807) is 6.08 Å². The van der Waals surface area contributed by atoms with E-state index in [0.717, 1.165) is 103 Å². The van der Waals surface area contributed by atoms with Gasteiger partial charge in [0.2, 0.25) is 0 Å². The van der Waals surface area contributed by atoms with Crippen LogP contribution in [0.3, 0.4) is 0 Å². The van der Waals surface area contributed by atoms with Crippen LogP contribution in [0.1, 0.15) is 188 Å². The molecule has 1 saturated heterocycles. The number of esters is 3. The van der Waals surface area contributed by atoms with Crippen molar-refractivity contribution in [1.29, 1.82) is 0 Å². The standard InChI is InChI=1S/C67H100O12/c1-4-7-10-13-16-19-22-25-28-29-30-31-34-35-38-41-44-47-50-53-59(68)75-56-58(77-60(69)54-51-48-45-42-39-36-32-26-23-20-17-14-11-8-5-2)57-76-67-65(63(72)62(71)64(79-67)66(73)74)78-61(70)55-52-49-46-43-40-37-33-27-24-21-18-15-12-9-6-3/h7-8,10-11,16-21,25-28,30-33,35,38-39,42,44,47-48,51,58,62-65,67,71-72H,4-6,9,12-15,22-24,29,34,36-37,40-41,43,45-46,49-50,52-57H2,1-3H3,(H,73,74)/b10-7-,11-8-,19-16-,20-17-,21-18-,28-25-,31-30-,32-26-,33-27-,38-35-,42-39-,47-44-,51-48-. The fourth-order valence-electron chi connectivity index (χ4n) is 7.67. The highest BCUT2D eigenvalue weighted by Crippen LogP contribution is 2.26. The van der Waals surface area contributed by atoms with Gasteiger partial charge in [-0.25, -0.2) is 4.79 Å². The number of unbranched alkanes of at least 4 members (excludes halogenated alkanes) is 8. The third-order valence-corrected chi connectivity index (χ3v) is 12.1. The van der Waals surface area contributed by atoms with Gasteiger partial charge in [0.1, 0.15) is 18.8 Å². The molecule has 1 fully saturated rings. The van der Waals surface area contributed by atoms with Crippen molar-refractivity contribution in [2.24, 2.45) is 0 Å². The maximum Gasteiger partial charge on any atom is 0.335 e. The van der Waals surface area contributed by atoms with Gasteiger partial charge >= 0.3 is 23.9 Å². The minimum Gasteiger partial charge on any atom is -0.479 e. The van der Waals surface area contributed by atoms with Crippen LogP contribution < -0.4 is 0 Å². The minimum atomic E-state index is -1.94. The summed E-state index contributed by atoms with van der Waals surface area (Å²) in [7, 11) is 0. The summed E-state index contributed by atoms with van der Waals surface area (Å²) in [5, 5.41) is 31.5. The third-order valence-electron chi connectivity index (χ3n) is 12.1. The van der Waals surface area contributed by atoms with Gasteiger partial charge in [0, 0.05) is 12.8 Å². The number of carbonyl (C=O) groups is 4. The maximum atomic E-state index is 13.1. The Balaban J connectivity index is 2.81. The van der Waals surface area contributed by atoms with Gasteiger partial charge in [-0.05, 0) is 116 Å². The lowest BCUT2D eigenvalue weighted by Gasteiger charge is -2.40. The summed E-state index contributed by atoms with van der Waals surface area (Å²) in [4.78, 5) is 51.0. The van der Waals surface area contributed by atoms with Crippen LogP contribution in [-0.4, -0.2) is 89.2 Å². The van der Waals surface area contributed by atoms with Gasteiger partial charge in [0.25, 0.3) is 0 Å². The van der Waals surface area contributed by atoms with E-state index in [2.05, 4.69) is 142 Å². The summed E-state index contributed by atoms with van der Waals surface area (Å²) in [6.07, 6.45) is 65.4. The molecule has 0 aliphatic carbocycles. The van der Waals surface area contributed by atoms with E-state index in [1.807, 2.05) is 30.4 Å². The molecule has 3 N–H and O–H groups in total. The molecule has 0 radical (unpaired) electrons. The van der Waals surface area contributed by atoms with Crippen LogP contribution in [-0.2, 0) is 42.9 Å². The number of carboxylic acids is 1.